The number of para-hydroxylation sites is 1. The van der Waals surface area contributed by atoms with Crippen LogP contribution in [0.3, 0.4) is 0 Å². The number of ether oxygens (including phenoxy) is 1. The third-order valence-corrected chi connectivity index (χ3v) is 5.22. The Kier molecular flexibility index (Phi) is 7.83. The molecule has 4 aromatic rings. The van der Waals surface area contributed by atoms with Crippen molar-refractivity contribution in [2.24, 2.45) is 11.5 Å². The van der Waals surface area contributed by atoms with E-state index in [1.54, 1.807) is 19.1 Å². The normalized spacial score (nSPS) is 10.9. The lowest BCUT2D eigenvalue weighted by atomic mass is 10.3. The van der Waals surface area contributed by atoms with Crippen molar-refractivity contribution >= 4 is 22.8 Å². The number of imidazole rings is 1. The van der Waals surface area contributed by atoms with E-state index in [1.807, 2.05) is 48.5 Å². The van der Waals surface area contributed by atoms with E-state index >= 15 is 0 Å². The molecule has 2 heterocycles. The second kappa shape index (κ2) is 10.8. The van der Waals surface area contributed by atoms with Gasteiger partial charge < -0.3 is 21.2 Å². The quantitative estimate of drug-likeness (QED) is 0.315. The molecule has 2 aromatic carbocycles. The Morgan fingerprint density at radius 2 is 1.79 bits per heavy atom. The van der Waals surface area contributed by atoms with Gasteiger partial charge in [-0.2, -0.15) is 13.2 Å². The third kappa shape index (κ3) is 7.18. The fraction of sp³-hybridized carbons (Fsp3) is 0.130. The van der Waals surface area contributed by atoms with Crippen molar-refractivity contribution < 1.29 is 17.9 Å². The Bertz CT molecular complexity index is 1220. The maximum Gasteiger partial charge on any atom is 0.433 e. The number of fused-ring (bicyclic) bond motifs is 1. The number of nitrogens with one attached hydrogen (secondary N) is 1. The van der Waals surface area contributed by atoms with Gasteiger partial charge in [0.1, 0.15) is 23.0 Å². The summed E-state index contributed by atoms with van der Waals surface area (Å²) in [6.07, 6.45) is -1.65. The van der Waals surface area contributed by atoms with Gasteiger partial charge in [0.2, 0.25) is 0 Å². The van der Waals surface area contributed by atoms with Crippen molar-refractivity contribution in [3.05, 3.63) is 90.3 Å². The van der Waals surface area contributed by atoms with E-state index in [9.17, 15) is 13.2 Å². The minimum atomic E-state index is -4.45. The van der Waals surface area contributed by atoms with Crippen LogP contribution in [-0.4, -0.2) is 15.0 Å². The number of pyridine rings is 1. The highest BCUT2D eigenvalue weighted by Gasteiger charge is 2.32. The number of alkyl halides is 3. The molecule has 0 unspecified atom stereocenters. The van der Waals surface area contributed by atoms with Gasteiger partial charge in [-0.1, -0.05) is 18.2 Å². The number of rotatable bonds is 5. The van der Waals surface area contributed by atoms with E-state index in [-0.39, 0.29) is 0 Å². The number of allylic oxidation sites excluding steroid dienone is 1. The molecule has 5 N–H and O–H groups in total. The van der Waals surface area contributed by atoms with Crippen LogP contribution >= 0.6 is 11.8 Å². The summed E-state index contributed by atoms with van der Waals surface area (Å²) in [5.41, 5.74) is 10.5. The third-order valence-electron chi connectivity index (χ3n) is 4.21. The smallest absolute Gasteiger partial charge is 0.433 e. The maximum atomic E-state index is 12.8. The summed E-state index contributed by atoms with van der Waals surface area (Å²) >= 11 is 1.26. The van der Waals surface area contributed by atoms with Gasteiger partial charge in [-0.25, -0.2) is 4.98 Å². The molecule has 0 amide bonds. The fourth-order valence-corrected chi connectivity index (χ4v) is 3.40. The van der Waals surface area contributed by atoms with Crippen LogP contribution < -0.4 is 16.2 Å². The molecule has 10 heteroatoms. The zero-order valence-electron chi connectivity index (χ0n) is 17.6. The van der Waals surface area contributed by atoms with E-state index in [0.29, 0.717) is 28.0 Å². The number of hydrogen-bond donors (Lipinski definition) is 3. The summed E-state index contributed by atoms with van der Waals surface area (Å²) in [6.45, 7) is 1.79. The Morgan fingerprint density at radius 3 is 2.45 bits per heavy atom. The molecule has 0 saturated carbocycles. The SMILES string of the molecule is CC=C(N)N.FC(F)(F)c1cc(SCc2nc3ccc(Oc4ccccc4)cc3[nH]2)ccn1. The van der Waals surface area contributed by atoms with Crippen molar-refractivity contribution in [2.45, 2.75) is 23.7 Å². The van der Waals surface area contributed by atoms with Crippen LogP contribution in [0.15, 0.2) is 83.7 Å². The second-order valence-electron chi connectivity index (χ2n) is 6.73. The molecule has 172 valence electrons. The van der Waals surface area contributed by atoms with Crippen LogP contribution in [0.2, 0.25) is 0 Å². The monoisotopic (exact) mass is 473 g/mol. The van der Waals surface area contributed by atoms with Crippen molar-refractivity contribution in [1.29, 1.82) is 0 Å². The lowest BCUT2D eigenvalue weighted by Crippen LogP contribution is -2.07. The number of nitrogens with zero attached hydrogens (tertiary/aromatic N) is 2. The van der Waals surface area contributed by atoms with Gasteiger partial charge in [0.25, 0.3) is 0 Å². The first-order chi connectivity index (χ1) is 15.7. The summed E-state index contributed by atoms with van der Waals surface area (Å²) in [7, 11) is 0. The molecule has 0 fully saturated rings. The summed E-state index contributed by atoms with van der Waals surface area (Å²) < 4.78 is 44.1. The summed E-state index contributed by atoms with van der Waals surface area (Å²) in [4.78, 5) is 11.5. The highest BCUT2D eigenvalue weighted by atomic mass is 32.2. The molecule has 0 aliphatic rings. The van der Waals surface area contributed by atoms with E-state index < -0.39 is 11.9 Å². The largest absolute Gasteiger partial charge is 0.457 e. The minimum absolute atomic E-state index is 0.380. The summed E-state index contributed by atoms with van der Waals surface area (Å²) in [6, 6.07) is 17.5. The number of halogens is 3. The van der Waals surface area contributed by atoms with Gasteiger partial charge in [0.15, 0.2) is 0 Å². The number of aromatic amines is 1. The van der Waals surface area contributed by atoms with Gasteiger partial charge >= 0.3 is 6.18 Å². The molecule has 0 spiro atoms. The molecule has 0 aliphatic heterocycles. The molecule has 0 radical (unpaired) electrons. The van der Waals surface area contributed by atoms with Crippen molar-refractivity contribution in [3.8, 4) is 11.5 Å². The fourth-order valence-electron chi connectivity index (χ4n) is 2.61. The number of nitrogens with two attached hydrogens (primary N) is 2. The molecule has 0 atom stereocenters. The van der Waals surface area contributed by atoms with Gasteiger partial charge in [-0.05, 0) is 49.4 Å². The van der Waals surface area contributed by atoms with Gasteiger partial charge in [-0.3, -0.25) is 4.98 Å². The predicted octanol–water partition coefficient (Wildman–Crippen LogP) is 5.83. The molecule has 0 saturated heterocycles. The number of H-pyrrole nitrogens is 1. The number of thioether (sulfide) groups is 1. The van der Waals surface area contributed by atoms with E-state index in [2.05, 4.69) is 15.0 Å². The molecule has 2 aromatic heterocycles. The zero-order valence-corrected chi connectivity index (χ0v) is 18.5. The highest BCUT2D eigenvalue weighted by molar-refractivity contribution is 7.98. The number of aromatic nitrogens is 3. The first-order valence-corrected chi connectivity index (χ1v) is 10.8. The topological polar surface area (TPSA) is 103 Å². The van der Waals surface area contributed by atoms with Crippen LogP contribution in [0.1, 0.15) is 18.4 Å². The van der Waals surface area contributed by atoms with Crippen molar-refractivity contribution in [3.63, 3.8) is 0 Å². The zero-order chi connectivity index (χ0) is 23.8. The van der Waals surface area contributed by atoms with Crippen LogP contribution in [0.25, 0.3) is 11.0 Å². The Morgan fingerprint density at radius 1 is 1.06 bits per heavy atom. The molecular weight excluding hydrogens is 451 g/mol. The van der Waals surface area contributed by atoms with Gasteiger partial charge in [-0.15, -0.1) is 11.8 Å². The Hall–Kier alpha value is -3.66. The minimum Gasteiger partial charge on any atom is -0.457 e. The highest BCUT2D eigenvalue weighted by Crippen LogP contribution is 2.31. The average Bonchev–Trinajstić information content (AvgIpc) is 3.21. The van der Waals surface area contributed by atoms with Crippen LogP contribution in [0.5, 0.6) is 11.5 Å². The molecule has 0 bridgehead atoms. The van der Waals surface area contributed by atoms with Gasteiger partial charge in [0.05, 0.1) is 22.6 Å². The maximum absolute atomic E-state index is 12.8. The van der Waals surface area contributed by atoms with E-state index in [4.69, 9.17) is 16.2 Å². The predicted molar refractivity (Wildman–Crippen MR) is 124 cm³/mol. The lowest BCUT2D eigenvalue weighted by Gasteiger charge is -2.06. The molecule has 6 nitrogen and oxygen atoms in total. The molecular formula is C23H22F3N5OS. The Balaban J connectivity index is 0.000000555. The Labute approximate surface area is 192 Å². The molecule has 0 aliphatic carbocycles. The summed E-state index contributed by atoms with van der Waals surface area (Å²) in [5, 5.41) is 0. The summed E-state index contributed by atoms with van der Waals surface area (Å²) in [5.74, 6) is 2.86. The first-order valence-electron chi connectivity index (χ1n) is 9.79. The van der Waals surface area contributed by atoms with Gasteiger partial charge in [0, 0.05) is 17.2 Å². The van der Waals surface area contributed by atoms with E-state index in [1.165, 1.54) is 11.8 Å². The van der Waals surface area contributed by atoms with E-state index in [0.717, 1.165) is 29.0 Å². The van der Waals surface area contributed by atoms with Crippen molar-refractivity contribution in [2.75, 3.05) is 0 Å². The standard InChI is InChI=1S/C20H14F3N3OS.C3H8N2/c21-20(22,23)18-11-15(8-9-24-18)28-12-19-25-16-7-6-14(10-17(16)26-19)27-13-4-2-1-3-5-13;1-2-3(4)5/h1-11H,12H2,(H,25,26);2H,4-5H2,1H3. The second-order valence-corrected chi connectivity index (χ2v) is 7.78. The number of benzene rings is 2. The number of hydrogen-bond acceptors (Lipinski definition) is 6. The molecule has 33 heavy (non-hydrogen) atoms. The van der Waals surface area contributed by atoms with Crippen LogP contribution in [-0.2, 0) is 11.9 Å². The average molecular weight is 474 g/mol. The van der Waals surface area contributed by atoms with Crippen LogP contribution in [0, 0.1) is 0 Å². The lowest BCUT2D eigenvalue weighted by molar-refractivity contribution is -0.141. The van der Waals surface area contributed by atoms with Crippen molar-refractivity contribution in [1.82, 2.24) is 15.0 Å². The molecule has 4 rings (SSSR count). The van der Waals surface area contributed by atoms with Crippen LogP contribution in [0.4, 0.5) is 13.2 Å². The first kappa shape index (κ1) is 24.0.